The molecule has 0 N–H and O–H groups in total. The van der Waals surface area contributed by atoms with E-state index in [1.54, 1.807) is 18.0 Å². The van der Waals surface area contributed by atoms with Gasteiger partial charge in [0.1, 0.15) is 11.1 Å². The molecule has 0 amide bonds. The highest BCUT2D eigenvalue weighted by atomic mass is 32.2. The first-order valence-electron chi connectivity index (χ1n) is 6.82. The lowest BCUT2D eigenvalue weighted by atomic mass is 9.95. The molecule has 3 nitrogen and oxygen atoms in total. The smallest absolute Gasteiger partial charge is 0.114 e. The predicted molar refractivity (Wildman–Crippen MR) is 79.4 cm³/mol. The Bertz CT molecular complexity index is 647. The van der Waals surface area contributed by atoms with Gasteiger partial charge in [-0.15, -0.1) is 0 Å². The second-order valence-electron chi connectivity index (χ2n) is 4.88. The fourth-order valence-corrected chi connectivity index (χ4v) is 3.32. The zero-order chi connectivity index (χ0) is 13.8. The maximum atomic E-state index is 9.30. The molecule has 0 saturated carbocycles. The van der Waals surface area contributed by atoms with E-state index in [-0.39, 0.29) is 0 Å². The Morgan fingerprint density at radius 3 is 2.95 bits per heavy atom. The molecule has 0 aliphatic heterocycles. The first kappa shape index (κ1) is 13.1. The molecule has 0 aromatic carbocycles. The fraction of sp³-hybridized carbons (Fsp3) is 0.312. The zero-order valence-corrected chi connectivity index (χ0v) is 12.0. The highest BCUT2D eigenvalue weighted by Crippen LogP contribution is 2.28. The number of hydrogen-bond donors (Lipinski definition) is 0. The third kappa shape index (κ3) is 2.83. The van der Waals surface area contributed by atoms with Crippen LogP contribution >= 0.6 is 11.8 Å². The maximum Gasteiger partial charge on any atom is 0.114 e. The highest BCUT2D eigenvalue weighted by molar-refractivity contribution is 7.98. The highest BCUT2D eigenvalue weighted by Gasteiger charge is 2.15. The molecule has 0 saturated heterocycles. The Balaban J connectivity index is 1.83. The largest absolute Gasteiger partial charge is 0.260 e. The average Bonchev–Trinajstić information content (AvgIpc) is 2.53. The molecule has 0 bridgehead atoms. The minimum Gasteiger partial charge on any atom is -0.260 e. The molecule has 4 heteroatoms. The minimum absolute atomic E-state index is 0.701. The fourth-order valence-electron chi connectivity index (χ4n) is 2.43. The molecule has 2 aromatic rings. The van der Waals surface area contributed by atoms with Crippen molar-refractivity contribution in [2.24, 2.45) is 0 Å². The van der Waals surface area contributed by atoms with Gasteiger partial charge in [0.05, 0.1) is 11.3 Å². The Morgan fingerprint density at radius 1 is 1.25 bits per heavy atom. The summed E-state index contributed by atoms with van der Waals surface area (Å²) in [5.41, 5.74) is 4.15. The summed E-state index contributed by atoms with van der Waals surface area (Å²) < 4.78 is 0. The van der Waals surface area contributed by atoms with Crippen LogP contribution in [0.2, 0.25) is 0 Å². The Labute approximate surface area is 123 Å². The zero-order valence-electron chi connectivity index (χ0n) is 11.2. The number of aryl methyl sites for hydroxylation is 2. The van der Waals surface area contributed by atoms with Gasteiger partial charge >= 0.3 is 0 Å². The number of thioether (sulfide) groups is 1. The van der Waals surface area contributed by atoms with Crippen molar-refractivity contribution in [3.8, 4) is 6.07 Å². The van der Waals surface area contributed by atoms with Crippen molar-refractivity contribution in [3.63, 3.8) is 0 Å². The van der Waals surface area contributed by atoms with E-state index >= 15 is 0 Å². The summed E-state index contributed by atoms with van der Waals surface area (Å²) in [5.74, 6) is 0.751. The van der Waals surface area contributed by atoms with E-state index in [1.165, 1.54) is 24.1 Å². The van der Waals surface area contributed by atoms with E-state index in [4.69, 9.17) is 4.98 Å². The number of rotatable bonds is 3. The monoisotopic (exact) mass is 281 g/mol. The summed E-state index contributed by atoms with van der Waals surface area (Å²) >= 11 is 1.60. The van der Waals surface area contributed by atoms with Gasteiger partial charge in [0.25, 0.3) is 0 Å². The van der Waals surface area contributed by atoms with Crippen molar-refractivity contribution in [2.75, 3.05) is 0 Å². The number of nitriles is 1. The van der Waals surface area contributed by atoms with Crippen molar-refractivity contribution in [1.82, 2.24) is 9.97 Å². The first-order chi connectivity index (χ1) is 9.86. The Hall–Kier alpha value is -1.86. The first-order valence-corrected chi connectivity index (χ1v) is 7.81. The number of aromatic nitrogens is 2. The van der Waals surface area contributed by atoms with Gasteiger partial charge in [-0.3, -0.25) is 4.98 Å². The lowest BCUT2D eigenvalue weighted by Crippen LogP contribution is -2.07. The van der Waals surface area contributed by atoms with Crippen LogP contribution in [0.3, 0.4) is 0 Å². The molecule has 2 heterocycles. The summed E-state index contributed by atoms with van der Waals surface area (Å²) in [6.45, 7) is 0. The van der Waals surface area contributed by atoms with Crippen LogP contribution < -0.4 is 0 Å². The molecular weight excluding hydrogens is 266 g/mol. The van der Waals surface area contributed by atoms with Crippen LogP contribution in [0.1, 0.15) is 35.4 Å². The molecule has 3 rings (SSSR count). The molecule has 0 radical (unpaired) electrons. The van der Waals surface area contributed by atoms with Crippen molar-refractivity contribution in [3.05, 3.63) is 53.0 Å². The quantitative estimate of drug-likeness (QED) is 0.808. The van der Waals surface area contributed by atoms with Gasteiger partial charge in [-0.1, -0.05) is 17.8 Å². The summed E-state index contributed by atoms with van der Waals surface area (Å²) in [7, 11) is 0. The minimum atomic E-state index is 0.701. The molecule has 0 unspecified atom stereocenters. The van der Waals surface area contributed by atoms with Gasteiger partial charge in [-0.25, -0.2) is 4.98 Å². The van der Waals surface area contributed by atoms with E-state index in [2.05, 4.69) is 11.1 Å². The molecule has 20 heavy (non-hydrogen) atoms. The standard InChI is InChI=1S/C16H15N3S/c17-10-13-9-12-5-1-2-7-15(12)19-16(13)20-11-14-6-3-4-8-18-14/h3-4,6,8-9H,1-2,5,7,11H2. The molecule has 100 valence electrons. The van der Waals surface area contributed by atoms with E-state index in [1.807, 2.05) is 24.3 Å². The molecular formula is C16H15N3S. The van der Waals surface area contributed by atoms with Crippen molar-refractivity contribution < 1.29 is 0 Å². The summed E-state index contributed by atoms with van der Waals surface area (Å²) in [6.07, 6.45) is 6.30. The van der Waals surface area contributed by atoms with Gasteiger partial charge in [0.2, 0.25) is 0 Å². The predicted octanol–water partition coefficient (Wildman–Crippen LogP) is 3.52. The Kier molecular flexibility index (Phi) is 3.98. The summed E-state index contributed by atoms with van der Waals surface area (Å²) in [6, 6.07) is 10.2. The average molecular weight is 281 g/mol. The molecule has 2 aromatic heterocycles. The van der Waals surface area contributed by atoms with Crippen LogP contribution in [0, 0.1) is 11.3 Å². The molecule has 0 spiro atoms. The van der Waals surface area contributed by atoms with Gasteiger partial charge in [0, 0.05) is 17.6 Å². The van der Waals surface area contributed by atoms with E-state index in [0.717, 1.165) is 29.3 Å². The van der Waals surface area contributed by atoms with Crippen LogP contribution in [0.25, 0.3) is 0 Å². The van der Waals surface area contributed by atoms with Crippen LogP contribution in [0.4, 0.5) is 0 Å². The van der Waals surface area contributed by atoms with Gasteiger partial charge in [0.15, 0.2) is 0 Å². The number of hydrogen-bond acceptors (Lipinski definition) is 4. The van der Waals surface area contributed by atoms with Crippen LogP contribution in [-0.2, 0) is 18.6 Å². The topological polar surface area (TPSA) is 49.6 Å². The van der Waals surface area contributed by atoms with Crippen molar-refractivity contribution in [1.29, 1.82) is 5.26 Å². The van der Waals surface area contributed by atoms with Crippen LogP contribution in [-0.4, -0.2) is 9.97 Å². The van der Waals surface area contributed by atoms with E-state index < -0.39 is 0 Å². The van der Waals surface area contributed by atoms with Crippen LogP contribution in [0.15, 0.2) is 35.5 Å². The number of fused-ring (bicyclic) bond motifs is 1. The second kappa shape index (κ2) is 6.06. The normalized spacial score (nSPS) is 13.6. The third-order valence-electron chi connectivity index (χ3n) is 3.47. The van der Waals surface area contributed by atoms with Gasteiger partial charge in [-0.2, -0.15) is 5.26 Å². The number of nitrogens with zero attached hydrogens (tertiary/aromatic N) is 3. The van der Waals surface area contributed by atoms with E-state index in [9.17, 15) is 5.26 Å². The Morgan fingerprint density at radius 2 is 2.15 bits per heavy atom. The van der Waals surface area contributed by atoms with Crippen molar-refractivity contribution >= 4 is 11.8 Å². The third-order valence-corrected chi connectivity index (χ3v) is 4.49. The molecule has 0 atom stereocenters. The van der Waals surface area contributed by atoms with Crippen LogP contribution in [0.5, 0.6) is 0 Å². The molecule has 1 aliphatic rings. The SMILES string of the molecule is N#Cc1cc2c(nc1SCc1ccccn1)CCCC2. The molecule has 0 fully saturated rings. The van der Waals surface area contributed by atoms with E-state index in [0.29, 0.717) is 5.56 Å². The summed E-state index contributed by atoms with van der Waals surface area (Å²) in [5, 5.41) is 10.1. The lowest BCUT2D eigenvalue weighted by Gasteiger charge is -2.16. The van der Waals surface area contributed by atoms with Crippen molar-refractivity contribution in [2.45, 2.75) is 36.5 Å². The van der Waals surface area contributed by atoms with Gasteiger partial charge < -0.3 is 0 Å². The lowest BCUT2D eigenvalue weighted by molar-refractivity contribution is 0.660. The summed E-state index contributed by atoms with van der Waals surface area (Å²) in [4.78, 5) is 9.02. The second-order valence-corrected chi connectivity index (χ2v) is 5.84. The van der Waals surface area contributed by atoms with Gasteiger partial charge in [-0.05, 0) is 49.4 Å². The maximum absolute atomic E-state index is 9.30. The number of pyridine rings is 2. The molecule has 1 aliphatic carbocycles.